The van der Waals surface area contributed by atoms with Crippen LogP contribution in [0.5, 0.6) is 0 Å². The molecule has 1 rings (SSSR count). The average Bonchev–Trinajstić information content (AvgIpc) is 2.84. The zero-order chi connectivity index (χ0) is 26.8. The number of carboxylic acid groups (broad SMARTS) is 3. The Kier molecular flexibility index (Phi) is 15.9. The second-order valence-corrected chi connectivity index (χ2v) is 9.27. The molecule has 36 heavy (non-hydrogen) atoms. The zero-order valence-electron chi connectivity index (χ0n) is 21.6. The number of aromatic carboxylic acids is 3. The Labute approximate surface area is 214 Å². The van der Waals surface area contributed by atoms with Gasteiger partial charge in [0.05, 0.1) is 28.9 Å². The maximum Gasteiger partial charge on any atom is 0.339 e. The molecule has 0 aromatic heterocycles. The molecule has 0 radical (unpaired) electrons. The van der Waals surface area contributed by atoms with Crippen LogP contribution in [-0.4, -0.2) is 45.8 Å². The summed E-state index contributed by atoms with van der Waals surface area (Å²) in [5.74, 6) is -6.02. The second-order valence-electron chi connectivity index (χ2n) is 9.27. The minimum Gasteiger partial charge on any atom is -0.478 e. The number of hydrogen-bond acceptors (Lipinski definition) is 5. The van der Waals surface area contributed by atoms with E-state index in [4.69, 9.17) is 9.84 Å². The van der Waals surface area contributed by atoms with E-state index in [1.165, 1.54) is 77.0 Å². The van der Waals surface area contributed by atoms with Crippen LogP contribution in [0.2, 0.25) is 0 Å². The third-order valence-corrected chi connectivity index (χ3v) is 6.31. The van der Waals surface area contributed by atoms with Gasteiger partial charge in [-0.2, -0.15) is 0 Å². The van der Waals surface area contributed by atoms with Crippen LogP contribution in [0.15, 0.2) is 12.1 Å². The molecular weight excluding hydrogens is 464 g/mol. The minimum absolute atomic E-state index is 0.0828. The van der Waals surface area contributed by atoms with Gasteiger partial charge in [0.25, 0.3) is 0 Å². The van der Waals surface area contributed by atoms with Gasteiger partial charge in [-0.1, -0.05) is 103 Å². The van der Waals surface area contributed by atoms with Gasteiger partial charge in [-0.05, 0) is 18.6 Å². The predicted octanol–water partition coefficient (Wildman–Crippen LogP) is 7.20. The summed E-state index contributed by atoms with van der Waals surface area (Å²) in [6, 6.07) is 1.89. The van der Waals surface area contributed by atoms with Gasteiger partial charge in [0.1, 0.15) is 0 Å². The van der Waals surface area contributed by atoms with Gasteiger partial charge in [0.2, 0.25) is 0 Å². The molecule has 1 aromatic carbocycles. The van der Waals surface area contributed by atoms with Gasteiger partial charge in [-0.3, -0.25) is 0 Å². The van der Waals surface area contributed by atoms with Gasteiger partial charge in [-0.25, -0.2) is 19.2 Å². The SMILES string of the molecule is CCCCCCCCCCCCCCCCCCOC(=O)c1ccc(C(=O)O)c(C(=O)O)c1C(=O)O. The van der Waals surface area contributed by atoms with E-state index in [1.807, 2.05) is 0 Å². The van der Waals surface area contributed by atoms with Crippen molar-refractivity contribution in [1.29, 1.82) is 0 Å². The quantitative estimate of drug-likeness (QED) is 0.117. The fraction of sp³-hybridized carbons (Fsp3) is 0.643. The second kappa shape index (κ2) is 18.4. The molecule has 0 bridgehead atoms. The van der Waals surface area contributed by atoms with E-state index in [0.29, 0.717) is 6.42 Å². The van der Waals surface area contributed by atoms with Crippen molar-refractivity contribution in [3.8, 4) is 0 Å². The summed E-state index contributed by atoms with van der Waals surface area (Å²) in [6.45, 7) is 2.32. The molecule has 0 saturated carbocycles. The predicted molar refractivity (Wildman–Crippen MR) is 137 cm³/mol. The number of carbonyl (C=O) groups is 4. The molecule has 8 heteroatoms. The largest absolute Gasteiger partial charge is 0.478 e. The van der Waals surface area contributed by atoms with Gasteiger partial charge in [0.15, 0.2) is 0 Å². The molecule has 0 aliphatic rings. The molecule has 0 heterocycles. The summed E-state index contributed by atoms with van der Waals surface area (Å²) in [5, 5.41) is 27.9. The zero-order valence-corrected chi connectivity index (χ0v) is 21.6. The van der Waals surface area contributed by atoms with Crippen molar-refractivity contribution >= 4 is 23.9 Å². The number of benzene rings is 1. The van der Waals surface area contributed by atoms with Crippen LogP contribution in [-0.2, 0) is 4.74 Å². The van der Waals surface area contributed by atoms with Gasteiger partial charge in [0, 0.05) is 0 Å². The van der Waals surface area contributed by atoms with Crippen molar-refractivity contribution in [2.75, 3.05) is 6.61 Å². The Morgan fingerprint density at radius 1 is 0.556 bits per heavy atom. The van der Waals surface area contributed by atoms with E-state index in [-0.39, 0.29) is 6.61 Å². The summed E-state index contributed by atoms with van der Waals surface area (Å²) in [4.78, 5) is 46.7. The first-order valence-electron chi connectivity index (χ1n) is 13.3. The van der Waals surface area contributed by atoms with E-state index in [1.54, 1.807) is 0 Å². The molecule has 1 aromatic rings. The summed E-state index contributed by atoms with van der Waals surface area (Å²) in [5.41, 5.74) is -2.98. The summed E-state index contributed by atoms with van der Waals surface area (Å²) in [7, 11) is 0. The topological polar surface area (TPSA) is 138 Å². The van der Waals surface area contributed by atoms with Crippen LogP contribution in [0, 0.1) is 0 Å². The van der Waals surface area contributed by atoms with Crippen molar-refractivity contribution in [3.63, 3.8) is 0 Å². The van der Waals surface area contributed by atoms with Crippen LogP contribution < -0.4 is 0 Å². The molecule has 0 unspecified atom stereocenters. The first-order chi connectivity index (χ1) is 17.3. The van der Waals surface area contributed by atoms with Gasteiger partial charge >= 0.3 is 23.9 Å². The average molecular weight is 507 g/mol. The van der Waals surface area contributed by atoms with Crippen molar-refractivity contribution < 1.29 is 39.2 Å². The molecule has 0 atom stereocenters. The Hall–Kier alpha value is -2.90. The Morgan fingerprint density at radius 2 is 0.917 bits per heavy atom. The Balaban J connectivity index is 2.22. The Morgan fingerprint density at radius 3 is 1.31 bits per heavy atom. The van der Waals surface area contributed by atoms with E-state index in [2.05, 4.69) is 6.92 Å². The number of ether oxygens (including phenoxy) is 1. The highest BCUT2D eigenvalue weighted by molar-refractivity contribution is 6.14. The van der Waals surface area contributed by atoms with E-state index in [9.17, 15) is 29.4 Å². The monoisotopic (exact) mass is 506 g/mol. The highest BCUT2D eigenvalue weighted by atomic mass is 16.5. The van der Waals surface area contributed by atoms with Crippen LogP contribution in [0.1, 0.15) is 151 Å². The van der Waals surface area contributed by atoms with E-state index < -0.39 is 46.1 Å². The van der Waals surface area contributed by atoms with Crippen LogP contribution >= 0.6 is 0 Å². The first kappa shape index (κ1) is 31.1. The van der Waals surface area contributed by atoms with Crippen molar-refractivity contribution in [2.45, 2.75) is 110 Å². The lowest BCUT2D eigenvalue weighted by molar-refractivity contribution is 0.0485. The van der Waals surface area contributed by atoms with Crippen LogP contribution in [0.3, 0.4) is 0 Å². The molecule has 3 N–H and O–H groups in total. The standard InChI is InChI=1S/C28H42O8/c1-2-3-4-5-6-7-8-9-10-11-12-13-14-15-16-17-20-36-28(35)22-19-18-21(25(29)30)23(26(31)32)24(22)27(33)34/h18-19H,2-17,20H2,1H3,(H,29,30)(H,31,32)(H,33,34). The van der Waals surface area contributed by atoms with Crippen molar-refractivity contribution in [3.05, 3.63) is 34.4 Å². The highest BCUT2D eigenvalue weighted by Gasteiger charge is 2.30. The molecule has 0 spiro atoms. The number of hydrogen-bond donors (Lipinski definition) is 3. The van der Waals surface area contributed by atoms with E-state index in [0.717, 1.165) is 31.4 Å². The fourth-order valence-electron chi connectivity index (χ4n) is 4.29. The maximum absolute atomic E-state index is 12.4. The molecule has 0 saturated heterocycles. The molecular formula is C28H42O8. The van der Waals surface area contributed by atoms with Crippen LogP contribution in [0.25, 0.3) is 0 Å². The lowest BCUT2D eigenvalue weighted by Gasteiger charge is -2.11. The van der Waals surface area contributed by atoms with Crippen molar-refractivity contribution in [1.82, 2.24) is 0 Å². The molecule has 0 fully saturated rings. The third-order valence-electron chi connectivity index (χ3n) is 6.31. The van der Waals surface area contributed by atoms with Gasteiger partial charge in [-0.15, -0.1) is 0 Å². The maximum atomic E-state index is 12.4. The van der Waals surface area contributed by atoms with E-state index >= 15 is 0 Å². The number of rotatable bonds is 21. The summed E-state index contributed by atoms with van der Waals surface area (Å²) in [6.07, 6.45) is 19.5. The van der Waals surface area contributed by atoms with Crippen molar-refractivity contribution in [2.24, 2.45) is 0 Å². The normalized spacial score (nSPS) is 10.8. The minimum atomic E-state index is -1.74. The summed E-state index contributed by atoms with van der Waals surface area (Å²) >= 11 is 0. The highest BCUT2D eigenvalue weighted by Crippen LogP contribution is 2.22. The lowest BCUT2D eigenvalue weighted by Crippen LogP contribution is -2.20. The van der Waals surface area contributed by atoms with Crippen LogP contribution in [0.4, 0.5) is 0 Å². The molecule has 0 aliphatic heterocycles. The Bertz CT molecular complexity index is 846. The first-order valence-corrected chi connectivity index (χ1v) is 13.3. The molecule has 0 aliphatic carbocycles. The molecule has 8 nitrogen and oxygen atoms in total. The number of carboxylic acids is 3. The van der Waals surface area contributed by atoms with Gasteiger partial charge < -0.3 is 20.1 Å². The number of carbonyl (C=O) groups excluding carboxylic acids is 1. The number of unbranched alkanes of at least 4 members (excludes halogenated alkanes) is 15. The third kappa shape index (κ3) is 11.7. The summed E-state index contributed by atoms with van der Waals surface area (Å²) < 4.78 is 5.13. The lowest BCUT2D eigenvalue weighted by atomic mass is 9.95. The fourth-order valence-corrected chi connectivity index (χ4v) is 4.29. The number of esters is 1. The molecule has 0 amide bonds. The smallest absolute Gasteiger partial charge is 0.339 e. The molecule has 202 valence electrons.